The van der Waals surface area contributed by atoms with Gasteiger partial charge in [-0.15, -0.1) is 0 Å². The Bertz CT molecular complexity index is 1310. The summed E-state index contributed by atoms with van der Waals surface area (Å²) in [5, 5.41) is 2.76. The lowest BCUT2D eigenvalue weighted by Crippen LogP contribution is -2.20. The molecule has 8 nitrogen and oxygen atoms in total. The summed E-state index contributed by atoms with van der Waals surface area (Å²) in [5.74, 6) is -0.639. The van der Waals surface area contributed by atoms with Crippen molar-refractivity contribution >= 4 is 48.9 Å². The molecule has 0 aliphatic rings. The van der Waals surface area contributed by atoms with E-state index in [2.05, 4.69) is 10.3 Å². The van der Waals surface area contributed by atoms with Crippen LogP contribution in [0.2, 0.25) is 0 Å². The van der Waals surface area contributed by atoms with Gasteiger partial charge in [-0.1, -0.05) is 41.7 Å². The molecular weight excluding hydrogens is 474 g/mol. The van der Waals surface area contributed by atoms with Gasteiger partial charge in [-0.05, 0) is 37.1 Å². The normalized spacial score (nSPS) is 12.2. The van der Waals surface area contributed by atoms with E-state index < -0.39 is 9.84 Å². The van der Waals surface area contributed by atoms with Crippen molar-refractivity contribution in [2.75, 3.05) is 24.3 Å². The number of sulfone groups is 1. The number of benzene rings is 2. The van der Waals surface area contributed by atoms with E-state index in [1.54, 1.807) is 30.3 Å². The molecule has 2 amide bonds. The molecule has 0 spiro atoms. The van der Waals surface area contributed by atoms with Crippen molar-refractivity contribution in [3.05, 3.63) is 58.9 Å². The van der Waals surface area contributed by atoms with Crippen LogP contribution in [0.15, 0.2) is 53.5 Å². The number of rotatable bonds is 11. The Morgan fingerprint density at radius 2 is 1.91 bits per heavy atom. The van der Waals surface area contributed by atoms with Crippen molar-refractivity contribution in [1.29, 1.82) is 0 Å². The van der Waals surface area contributed by atoms with Crippen LogP contribution in [-0.2, 0) is 36.5 Å². The van der Waals surface area contributed by atoms with Crippen molar-refractivity contribution in [1.82, 2.24) is 4.57 Å². The summed E-state index contributed by atoms with van der Waals surface area (Å²) in [7, 11) is -3.31. The van der Waals surface area contributed by atoms with Crippen LogP contribution >= 0.6 is 11.3 Å². The Morgan fingerprint density at radius 1 is 1.15 bits per heavy atom. The Labute approximate surface area is 203 Å². The Hall–Kier alpha value is -2.82. The minimum Gasteiger partial charge on any atom is -0.380 e. The molecule has 10 heteroatoms. The molecule has 2 aromatic carbocycles. The molecule has 182 valence electrons. The van der Waals surface area contributed by atoms with E-state index in [1.165, 1.54) is 18.3 Å². The smallest absolute Gasteiger partial charge is 0.248 e. The number of ether oxygens (including phenoxy) is 1. The Kier molecular flexibility index (Phi) is 9.14. The molecular formula is C24H29N3O5S2. The van der Waals surface area contributed by atoms with E-state index in [-0.39, 0.29) is 36.2 Å². The fourth-order valence-electron chi connectivity index (χ4n) is 3.46. The number of hydrogen-bond acceptors (Lipinski definition) is 6. The first-order valence-corrected chi connectivity index (χ1v) is 13.7. The predicted molar refractivity (Wildman–Crippen MR) is 134 cm³/mol. The quantitative estimate of drug-likeness (QED) is 0.403. The molecule has 0 fully saturated rings. The van der Waals surface area contributed by atoms with E-state index in [1.807, 2.05) is 29.7 Å². The summed E-state index contributed by atoms with van der Waals surface area (Å²) < 4.78 is 33.0. The van der Waals surface area contributed by atoms with Gasteiger partial charge in [0.1, 0.15) is 0 Å². The second-order valence-corrected chi connectivity index (χ2v) is 11.0. The lowest BCUT2D eigenvalue weighted by Gasteiger charge is -2.06. The third-order valence-corrected chi connectivity index (χ3v) is 7.69. The fourth-order valence-corrected chi connectivity index (χ4v) is 6.00. The van der Waals surface area contributed by atoms with Gasteiger partial charge < -0.3 is 14.6 Å². The van der Waals surface area contributed by atoms with Gasteiger partial charge in [-0.3, -0.25) is 9.59 Å². The molecule has 3 rings (SSSR count). The molecule has 0 radical (unpaired) electrons. The molecule has 34 heavy (non-hydrogen) atoms. The summed E-state index contributed by atoms with van der Waals surface area (Å²) in [5.41, 5.74) is 2.29. The third kappa shape index (κ3) is 7.61. The largest absolute Gasteiger partial charge is 0.380 e. The van der Waals surface area contributed by atoms with Crippen LogP contribution in [0.5, 0.6) is 0 Å². The van der Waals surface area contributed by atoms with Gasteiger partial charge >= 0.3 is 0 Å². The number of anilines is 1. The highest BCUT2D eigenvalue weighted by Gasteiger charge is 2.14. The van der Waals surface area contributed by atoms with E-state index in [0.717, 1.165) is 15.8 Å². The minimum atomic E-state index is -3.31. The monoisotopic (exact) mass is 503 g/mol. The maximum atomic E-state index is 12.6. The zero-order valence-corrected chi connectivity index (χ0v) is 21.0. The van der Waals surface area contributed by atoms with Crippen LogP contribution in [0, 0.1) is 0 Å². The maximum absolute atomic E-state index is 12.6. The van der Waals surface area contributed by atoms with Crippen molar-refractivity contribution in [2.24, 2.45) is 4.99 Å². The highest BCUT2D eigenvalue weighted by molar-refractivity contribution is 7.90. The van der Waals surface area contributed by atoms with Crippen LogP contribution in [0.25, 0.3) is 10.2 Å². The minimum absolute atomic E-state index is 0.0381. The van der Waals surface area contributed by atoms with E-state index in [4.69, 9.17) is 4.74 Å². The number of carbonyl (C=O) groups is 2. The zero-order chi connectivity index (χ0) is 24.6. The molecule has 0 aliphatic heterocycles. The number of fused-ring (bicyclic) bond motifs is 1. The Morgan fingerprint density at radius 3 is 2.62 bits per heavy atom. The number of hydrogen-bond donors (Lipinski definition) is 1. The van der Waals surface area contributed by atoms with E-state index >= 15 is 0 Å². The summed E-state index contributed by atoms with van der Waals surface area (Å²) >= 11 is 1.34. The van der Waals surface area contributed by atoms with Gasteiger partial charge in [0.05, 0.1) is 28.3 Å². The van der Waals surface area contributed by atoms with E-state index in [0.29, 0.717) is 30.2 Å². The van der Waals surface area contributed by atoms with Gasteiger partial charge in [0.15, 0.2) is 14.6 Å². The summed E-state index contributed by atoms with van der Waals surface area (Å²) in [6, 6.07) is 14.5. The van der Waals surface area contributed by atoms with Crippen LogP contribution in [0.4, 0.5) is 5.69 Å². The summed E-state index contributed by atoms with van der Waals surface area (Å²) in [6.45, 7) is 4.93. The number of carbonyl (C=O) groups excluding carboxylic acids is 2. The first kappa shape index (κ1) is 25.8. The standard InChI is InChI=1S/C24H29N3O5S2/c1-3-32-14-13-27-21-12-11-20(25-18(2)28)16-22(21)33-24(27)26-23(29)10-7-15-34(30,31)17-19-8-5-4-6-9-19/h4-6,8-9,11-12,16H,3,7,10,13-15,17H2,1-2H3,(H,25,28). The highest BCUT2D eigenvalue weighted by atomic mass is 32.2. The molecule has 0 aliphatic carbocycles. The molecule has 0 bridgehead atoms. The average Bonchev–Trinajstić information content (AvgIpc) is 3.09. The fraction of sp³-hybridized carbons (Fsp3) is 0.375. The topological polar surface area (TPSA) is 107 Å². The van der Waals surface area contributed by atoms with E-state index in [9.17, 15) is 18.0 Å². The van der Waals surface area contributed by atoms with Gasteiger partial charge in [0, 0.05) is 32.2 Å². The van der Waals surface area contributed by atoms with Crippen LogP contribution < -0.4 is 10.1 Å². The zero-order valence-electron chi connectivity index (χ0n) is 19.3. The van der Waals surface area contributed by atoms with Crippen molar-refractivity contribution in [3.8, 4) is 0 Å². The lowest BCUT2D eigenvalue weighted by atomic mass is 10.2. The van der Waals surface area contributed by atoms with Gasteiger partial charge in [-0.2, -0.15) is 4.99 Å². The molecule has 0 saturated carbocycles. The number of aromatic nitrogens is 1. The molecule has 0 saturated heterocycles. The maximum Gasteiger partial charge on any atom is 0.248 e. The lowest BCUT2D eigenvalue weighted by molar-refractivity contribution is -0.118. The predicted octanol–water partition coefficient (Wildman–Crippen LogP) is 3.52. The van der Waals surface area contributed by atoms with Crippen LogP contribution in [-0.4, -0.2) is 43.8 Å². The average molecular weight is 504 g/mol. The second kappa shape index (κ2) is 12.0. The number of amides is 2. The molecule has 3 aromatic rings. The first-order valence-electron chi connectivity index (χ1n) is 11.1. The van der Waals surface area contributed by atoms with Crippen LogP contribution in [0.1, 0.15) is 32.3 Å². The van der Waals surface area contributed by atoms with Crippen molar-refractivity contribution in [2.45, 2.75) is 39.0 Å². The third-order valence-electron chi connectivity index (χ3n) is 4.96. The van der Waals surface area contributed by atoms with Gasteiger partial charge in [0.2, 0.25) is 11.8 Å². The molecule has 0 atom stereocenters. The van der Waals surface area contributed by atoms with Crippen LogP contribution in [0.3, 0.4) is 0 Å². The molecule has 0 unspecified atom stereocenters. The second-order valence-electron chi connectivity index (χ2n) is 7.78. The number of nitrogens with zero attached hydrogens (tertiary/aromatic N) is 2. The summed E-state index contributed by atoms with van der Waals surface area (Å²) in [4.78, 5) is 28.7. The first-order chi connectivity index (χ1) is 16.3. The molecule has 1 N–H and O–H groups in total. The van der Waals surface area contributed by atoms with Gasteiger partial charge in [0.25, 0.3) is 0 Å². The molecule has 1 heterocycles. The number of thiazole rings is 1. The van der Waals surface area contributed by atoms with Crippen molar-refractivity contribution < 1.29 is 22.7 Å². The highest BCUT2D eigenvalue weighted by Crippen LogP contribution is 2.22. The van der Waals surface area contributed by atoms with Crippen molar-refractivity contribution in [3.63, 3.8) is 0 Å². The summed E-state index contributed by atoms with van der Waals surface area (Å²) in [6.07, 6.45) is 0.263. The Balaban J connectivity index is 1.74. The van der Waals surface area contributed by atoms with Gasteiger partial charge in [-0.25, -0.2) is 8.42 Å². The number of nitrogens with one attached hydrogen (secondary N) is 1. The molecule has 1 aromatic heterocycles. The SMILES string of the molecule is CCOCCn1c(=NC(=O)CCCS(=O)(=O)Cc2ccccc2)sc2cc(NC(C)=O)ccc21.